The number of benzene rings is 2. The van der Waals surface area contributed by atoms with Crippen molar-refractivity contribution in [1.82, 2.24) is 9.97 Å². The standard InChI is InChI=1S/C20H19ClN4O2/c1-13-11-18(24-17-7-5-15(6-8-17)19(26)27)25-20(23-13)22-10-9-14-3-2-4-16(21)12-14/h2-8,11-12H,9-10H2,1H3,(H,26,27)(H2,22,23,24,25). The van der Waals surface area contributed by atoms with E-state index in [1.165, 1.54) is 0 Å². The predicted octanol–water partition coefficient (Wildman–Crippen LogP) is 4.53. The van der Waals surface area contributed by atoms with Crippen molar-refractivity contribution < 1.29 is 9.90 Å². The van der Waals surface area contributed by atoms with E-state index < -0.39 is 5.97 Å². The Balaban J connectivity index is 1.64. The Labute approximate surface area is 162 Å². The molecule has 0 bridgehead atoms. The Morgan fingerprint density at radius 3 is 2.59 bits per heavy atom. The molecule has 7 heteroatoms. The first-order chi connectivity index (χ1) is 13.0. The van der Waals surface area contributed by atoms with Gasteiger partial charge in [0.25, 0.3) is 0 Å². The van der Waals surface area contributed by atoms with Crippen LogP contribution in [0.3, 0.4) is 0 Å². The van der Waals surface area contributed by atoms with Gasteiger partial charge >= 0.3 is 5.97 Å². The van der Waals surface area contributed by atoms with Gasteiger partial charge in [0.05, 0.1) is 5.56 Å². The number of aromatic nitrogens is 2. The number of anilines is 3. The maximum atomic E-state index is 10.9. The Bertz CT molecular complexity index is 945. The third kappa shape index (κ3) is 5.43. The number of carbonyl (C=O) groups is 1. The van der Waals surface area contributed by atoms with E-state index in [1.807, 2.05) is 37.3 Å². The summed E-state index contributed by atoms with van der Waals surface area (Å²) in [5.41, 5.74) is 2.95. The zero-order valence-electron chi connectivity index (χ0n) is 14.7. The molecule has 138 valence electrons. The smallest absolute Gasteiger partial charge is 0.335 e. The molecule has 0 saturated heterocycles. The average molecular weight is 383 g/mol. The molecule has 0 amide bonds. The first-order valence-corrected chi connectivity index (χ1v) is 8.82. The van der Waals surface area contributed by atoms with Crippen molar-refractivity contribution in [3.8, 4) is 0 Å². The molecule has 0 aliphatic heterocycles. The van der Waals surface area contributed by atoms with Gasteiger partial charge in [-0.2, -0.15) is 4.98 Å². The molecule has 0 saturated carbocycles. The molecule has 27 heavy (non-hydrogen) atoms. The van der Waals surface area contributed by atoms with Gasteiger partial charge in [-0.05, 0) is 55.3 Å². The number of rotatable bonds is 7. The molecule has 0 aliphatic rings. The molecule has 1 heterocycles. The van der Waals surface area contributed by atoms with Crippen LogP contribution >= 0.6 is 11.6 Å². The lowest BCUT2D eigenvalue weighted by molar-refractivity contribution is 0.0697. The molecule has 0 fully saturated rings. The molecule has 3 N–H and O–H groups in total. The summed E-state index contributed by atoms with van der Waals surface area (Å²) in [6.45, 7) is 2.57. The SMILES string of the molecule is Cc1cc(Nc2ccc(C(=O)O)cc2)nc(NCCc2cccc(Cl)c2)n1. The van der Waals surface area contributed by atoms with Gasteiger partial charge < -0.3 is 15.7 Å². The summed E-state index contributed by atoms with van der Waals surface area (Å²) >= 11 is 6.00. The van der Waals surface area contributed by atoms with Gasteiger partial charge in [0.15, 0.2) is 0 Å². The summed E-state index contributed by atoms with van der Waals surface area (Å²) in [5.74, 6) is 0.211. The van der Waals surface area contributed by atoms with Crippen molar-refractivity contribution in [2.45, 2.75) is 13.3 Å². The predicted molar refractivity (Wildman–Crippen MR) is 107 cm³/mol. The largest absolute Gasteiger partial charge is 0.478 e. The second-order valence-corrected chi connectivity index (χ2v) is 6.47. The van der Waals surface area contributed by atoms with Crippen molar-refractivity contribution in [2.75, 3.05) is 17.2 Å². The highest BCUT2D eigenvalue weighted by molar-refractivity contribution is 6.30. The highest BCUT2D eigenvalue weighted by Gasteiger charge is 2.05. The maximum absolute atomic E-state index is 10.9. The van der Waals surface area contributed by atoms with Crippen molar-refractivity contribution in [2.24, 2.45) is 0 Å². The molecule has 3 rings (SSSR count). The van der Waals surface area contributed by atoms with Gasteiger partial charge in [0.2, 0.25) is 5.95 Å². The number of nitrogens with one attached hydrogen (secondary N) is 2. The summed E-state index contributed by atoms with van der Waals surface area (Å²) in [5, 5.41) is 16.1. The van der Waals surface area contributed by atoms with Crippen LogP contribution in [-0.4, -0.2) is 27.6 Å². The second-order valence-electron chi connectivity index (χ2n) is 6.03. The quantitative estimate of drug-likeness (QED) is 0.556. The van der Waals surface area contributed by atoms with Crippen LogP contribution in [0.1, 0.15) is 21.6 Å². The minimum absolute atomic E-state index is 0.239. The summed E-state index contributed by atoms with van der Waals surface area (Å²) in [4.78, 5) is 19.8. The first kappa shape index (κ1) is 18.7. The van der Waals surface area contributed by atoms with Crippen molar-refractivity contribution in [3.05, 3.63) is 76.4 Å². The first-order valence-electron chi connectivity index (χ1n) is 8.44. The molecule has 0 aliphatic carbocycles. The minimum Gasteiger partial charge on any atom is -0.478 e. The minimum atomic E-state index is -0.953. The molecule has 0 unspecified atom stereocenters. The second kappa shape index (κ2) is 8.51. The van der Waals surface area contributed by atoms with Gasteiger partial charge in [-0.15, -0.1) is 0 Å². The van der Waals surface area contributed by atoms with Crippen LogP contribution in [0.25, 0.3) is 0 Å². The fourth-order valence-corrected chi connectivity index (χ4v) is 2.78. The van der Waals surface area contributed by atoms with Crippen LogP contribution in [0.15, 0.2) is 54.6 Å². The number of hydrogen-bond acceptors (Lipinski definition) is 5. The molecule has 6 nitrogen and oxygen atoms in total. The van der Waals surface area contributed by atoms with Crippen LogP contribution in [0.5, 0.6) is 0 Å². The van der Waals surface area contributed by atoms with Crippen LogP contribution in [0.2, 0.25) is 5.02 Å². The van der Waals surface area contributed by atoms with Gasteiger partial charge in [-0.25, -0.2) is 9.78 Å². The topological polar surface area (TPSA) is 87.1 Å². The monoisotopic (exact) mass is 382 g/mol. The fraction of sp³-hybridized carbons (Fsp3) is 0.150. The number of carboxylic acids is 1. The zero-order chi connectivity index (χ0) is 19.2. The van der Waals surface area contributed by atoms with E-state index in [4.69, 9.17) is 16.7 Å². The molecule has 0 spiro atoms. The summed E-state index contributed by atoms with van der Waals surface area (Å²) in [6.07, 6.45) is 0.803. The van der Waals surface area contributed by atoms with E-state index >= 15 is 0 Å². The maximum Gasteiger partial charge on any atom is 0.335 e. The van der Waals surface area contributed by atoms with Gasteiger partial charge in [0, 0.05) is 29.0 Å². The number of hydrogen-bond donors (Lipinski definition) is 3. The Morgan fingerprint density at radius 2 is 1.89 bits per heavy atom. The van der Waals surface area contributed by atoms with E-state index in [1.54, 1.807) is 24.3 Å². The van der Waals surface area contributed by atoms with Crippen LogP contribution in [-0.2, 0) is 6.42 Å². The van der Waals surface area contributed by atoms with E-state index in [2.05, 4.69) is 20.6 Å². The zero-order valence-corrected chi connectivity index (χ0v) is 15.5. The fourth-order valence-electron chi connectivity index (χ4n) is 2.57. The summed E-state index contributed by atoms with van der Waals surface area (Å²) < 4.78 is 0. The van der Waals surface area contributed by atoms with E-state index in [0.717, 1.165) is 28.4 Å². The molecule has 3 aromatic rings. The molecule has 0 atom stereocenters. The summed E-state index contributed by atoms with van der Waals surface area (Å²) in [7, 11) is 0. The number of nitrogens with zero attached hydrogens (tertiary/aromatic N) is 2. The van der Waals surface area contributed by atoms with Crippen LogP contribution in [0.4, 0.5) is 17.5 Å². The highest BCUT2D eigenvalue weighted by atomic mass is 35.5. The highest BCUT2D eigenvalue weighted by Crippen LogP contribution is 2.18. The lowest BCUT2D eigenvalue weighted by Gasteiger charge is -2.10. The molecule has 1 aromatic heterocycles. The van der Waals surface area contributed by atoms with Crippen molar-refractivity contribution in [3.63, 3.8) is 0 Å². The molecular weight excluding hydrogens is 364 g/mol. The third-order valence-electron chi connectivity index (χ3n) is 3.84. The Kier molecular flexibility index (Phi) is 5.88. The lowest BCUT2D eigenvalue weighted by atomic mass is 10.1. The van der Waals surface area contributed by atoms with Crippen molar-refractivity contribution in [1.29, 1.82) is 0 Å². The van der Waals surface area contributed by atoms with Crippen LogP contribution < -0.4 is 10.6 Å². The molecule has 2 aromatic carbocycles. The Hall–Kier alpha value is -3.12. The Morgan fingerprint density at radius 1 is 1.11 bits per heavy atom. The summed E-state index contributed by atoms with van der Waals surface area (Å²) in [6, 6.07) is 16.1. The lowest BCUT2D eigenvalue weighted by Crippen LogP contribution is -2.09. The number of halogens is 1. The van der Waals surface area contributed by atoms with Crippen molar-refractivity contribution >= 4 is 35.0 Å². The van der Waals surface area contributed by atoms with Gasteiger partial charge in [-0.3, -0.25) is 0 Å². The average Bonchev–Trinajstić information content (AvgIpc) is 2.62. The number of aromatic carboxylic acids is 1. The molecule has 0 radical (unpaired) electrons. The van der Waals surface area contributed by atoms with E-state index in [9.17, 15) is 4.79 Å². The van der Waals surface area contributed by atoms with Gasteiger partial charge in [0.1, 0.15) is 5.82 Å². The van der Waals surface area contributed by atoms with Gasteiger partial charge in [-0.1, -0.05) is 23.7 Å². The number of carboxylic acid groups (broad SMARTS) is 1. The molecular formula is C20H19ClN4O2. The third-order valence-corrected chi connectivity index (χ3v) is 4.08. The van der Waals surface area contributed by atoms with E-state index in [-0.39, 0.29) is 5.56 Å². The van der Waals surface area contributed by atoms with E-state index in [0.29, 0.717) is 18.3 Å². The van der Waals surface area contributed by atoms with Crippen LogP contribution in [0, 0.1) is 6.92 Å². The number of aryl methyl sites for hydroxylation is 1. The normalized spacial score (nSPS) is 10.4.